The van der Waals surface area contributed by atoms with E-state index in [2.05, 4.69) is 0 Å². The quantitative estimate of drug-likeness (QED) is 0.881. The molecule has 0 saturated heterocycles. The van der Waals surface area contributed by atoms with Gasteiger partial charge in [0.15, 0.2) is 0 Å². The topological polar surface area (TPSA) is 55.5 Å². The Kier molecular flexibility index (Phi) is 5.05. The van der Waals surface area contributed by atoms with Crippen LogP contribution in [0.3, 0.4) is 0 Å². The molecule has 0 aromatic heterocycles. The number of hydrogen-bond acceptors (Lipinski definition) is 3. The molecule has 118 valence electrons. The van der Waals surface area contributed by atoms with Crippen LogP contribution < -0.4 is 10.5 Å². The number of rotatable bonds is 5. The summed E-state index contributed by atoms with van der Waals surface area (Å²) in [7, 11) is 0. The van der Waals surface area contributed by atoms with E-state index in [0.717, 1.165) is 17.7 Å². The number of halogens is 3. The highest BCUT2D eigenvalue weighted by atomic mass is 19.4. The van der Waals surface area contributed by atoms with Gasteiger partial charge in [0.2, 0.25) is 0 Å². The number of aliphatic hydroxyl groups excluding tert-OH is 1. The molecule has 2 aromatic carbocycles. The molecule has 0 radical (unpaired) electrons. The molecule has 0 fully saturated rings. The molecule has 0 unspecified atom stereocenters. The van der Waals surface area contributed by atoms with E-state index in [-0.39, 0.29) is 18.4 Å². The zero-order chi connectivity index (χ0) is 16.2. The van der Waals surface area contributed by atoms with Crippen molar-refractivity contribution in [1.29, 1.82) is 0 Å². The van der Waals surface area contributed by atoms with Crippen LogP contribution in [-0.4, -0.2) is 11.7 Å². The normalized spacial score (nSPS) is 13.0. The van der Waals surface area contributed by atoms with Crippen LogP contribution in [0.5, 0.6) is 11.5 Å². The van der Waals surface area contributed by atoms with Crippen LogP contribution in [0.25, 0.3) is 0 Å². The van der Waals surface area contributed by atoms with Crippen molar-refractivity contribution in [3.63, 3.8) is 0 Å². The van der Waals surface area contributed by atoms with Gasteiger partial charge in [0.1, 0.15) is 11.5 Å². The third-order valence-electron chi connectivity index (χ3n) is 3.12. The van der Waals surface area contributed by atoms with Crippen molar-refractivity contribution >= 4 is 0 Å². The number of ether oxygens (including phenoxy) is 1. The molecule has 0 aliphatic carbocycles. The van der Waals surface area contributed by atoms with Crippen molar-refractivity contribution in [3.05, 3.63) is 59.7 Å². The van der Waals surface area contributed by atoms with Gasteiger partial charge < -0.3 is 15.6 Å². The van der Waals surface area contributed by atoms with Crippen molar-refractivity contribution in [2.24, 2.45) is 5.73 Å². The first-order chi connectivity index (χ1) is 10.4. The molecule has 2 aromatic rings. The fourth-order valence-electron chi connectivity index (χ4n) is 1.99. The molecule has 0 heterocycles. The van der Waals surface area contributed by atoms with E-state index in [1.807, 2.05) is 0 Å². The van der Waals surface area contributed by atoms with Gasteiger partial charge in [0.25, 0.3) is 0 Å². The van der Waals surface area contributed by atoms with E-state index >= 15 is 0 Å². The van der Waals surface area contributed by atoms with Gasteiger partial charge in [-0.15, -0.1) is 0 Å². The maximum Gasteiger partial charge on any atom is 0.416 e. The lowest BCUT2D eigenvalue weighted by atomic mass is 10.1. The predicted octanol–water partition coefficient (Wildman–Crippen LogP) is 3.88. The molecule has 0 spiro atoms. The van der Waals surface area contributed by atoms with Crippen LogP contribution in [0.2, 0.25) is 0 Å². The van der Waals surface area contributed by atoms with E-state index < -0.39 is 11.7 Å². The highest BCUT2D eigenvalue weighted by molar-refractivity contribution is 5.37. The second-order valence-corrected chi connectivity index (χ2v) is 4.82. The van der Waals surface area contributed by atoms with Crippen molar-refractivity contribution in [1.82, 2.24) is 0 Å². The first-order valence-corrected chi connectivity index (χ1v) is 6.71. The van der Waals surface area contributed by atoms with Crippen LogP contribution in [0.1, 0.15) is 23.6 Å². The SMILES string of the molecule is N[C@H](CCO)c1cccc(Oc2cccc(C(F)(F)F)c2)c1. The molecular formula is C16H16F3NO2. The average molecular weight is 311 g/mol. The summed E-state index contributed by atoms with van der Waals surface area (Å²) in [6.45, 7) is -0.0418. The van der Waals surface area contributed by atoms with Crippen LogP contribution in [-0.2, 0) is 6.18 Å². The number of aliphatic hydroxyl groups is 1. The van der Waals surface area contributed by atoms with Crippen molar-refractivity contribution in [2.45, 2.75) is 18.6 Å². The number of hydrogen-bond donors (Lipinski definition) is 2. The molecule has 0 amide bonds. The van der Waals surface area contributed by atoms with Gasteiger partial charge in [-0.3, -0.25) is 0 Å². The fourth-order valence-corrected chi connectivity index (χ4v) is 1.99. The standard InChI is InChI=1S/C16H16F3NO2/c17-16(18,19)12-4-2-6-14(10-12)22-13-5-1-3-11(9-13)15(20)7-8-21/h1-6,9-10,15,21H,7-8,20H2/t15-/m1/s1. The largest absolute Gasteiger partial charge is 0.457 e. The Morgan fingerprint density at radius 3 is 2.32 bits per heavy atom. The van der Waals surface area contributed by atoms with Crippen LogP contribution in [0.15, 0.2) is 48.5 Å². The van der Waals surface area contributed by atoms with Gasteiger partial charge in [0.05, 0.1) is 5.56 Å². The van der Waals surface area contributed by atoms with E-state index in [4.69, 9.17) is 15.6 Å². The summed E-state index contributed by atoms with van der Waals surface area (Å²) in [4.78, 5) is 0. The van der Waals surface area contributed by atoms with Gasteiger partial charge in [-0.25, -0.2) is 0 Å². The molecule has 6 heteroatoms. The molecule has 22 heavy (non-hydrogen) atoms. The van der Waals surface area contributed by atoms with Crippen molar-refractivity contribution in [3.8, 4) is 11.5 Å². The molecule has 1 atom stereocenters. The van der Waals surface area contributed by atoms with Crippen molar-refractivity contribution < 1.29 is 23.0 Å². The molecular weight excluding hydrogens is 295 g/mol. The maximum atomic E-state index is 12.7. The van der Waals surface area contributed by atoms with Gasteiger partial charge >= 0.3 is 6.18 Å². The Bertz CT molecular complexity index is 629. The fraction of sp³-hybridized carbons (Fsp3) is 0.250. The summed E-state index contributed by atoms with van der Waals surface area (Å²) in [5, 5.41) is 8.89. The third kappa shape index (κ3) is 4.22. The monoisotopic (exact) mass is 311 g/mol. The summed E-state index contributed by atoms with van der Waals surface area (Å²) in [5.41, 5.74) is 5.87. The van der Waals surface area contributed by atoms with E-state index in [0.29, 0.717) is 12.2 Å². The summed E-state index contributed by atoms with van der Waals surface area (Å²) >= 11 is 0. The second-order valence-electron chi connectivity index (χ2n) is 4.82. The van der Waals surface area contributed by atoms with Crippen LogP contribution >= 0.6 is 0 Å². The smallest absolute Gasteiger partial charge is 0.416 e. The Hall–Kier alpha value is -2.05. The van der Waals surface area contributed by atoms with Gasteiger partial charge in [-0.1, -0.05) is 18.2 Å². The molecule has 3 nitrogen and oxygen atoms in total. The lowest BCUT2D eigenvalue weighted by molar-refractivity contribution is -0.137. The zero-order valence-corrected chi connectivity index (χ0v) is 11.7. The number of nitrogens with two attached hydrogens (primary N) is 1. The molecule has 0 aliphatic heterocycles. The Balaban J connectivity index is 2.19. The molecule has 2 rings (SSSR count). The Labute approximate surface area is 126 Å². The summed E-state index contributed by atoms with van der Waals surface area (Å²) in [6.07, 6.45) is -4.02. The second kappa shape index (κ2) is 6.81. The first kappa shape index (κ1) is 16.3. The van der Waals surface area contributed by atoms with Crippen LogP contribution in [0, 0.1) is 0 Å². The molecule has 0 bridgehead atoms. The molecule has 0 aliphatic rings. The first-order valence-electron chi connectivity index (χ1n) is 6.71. The maximum absolute atomic E-state index is 12.7. The predicted molar refractivity (Wildman–Crippen MR) is 76.6 cm³/mol. The summed E-state index contributed by atoms with van der Waals surface area (Å²) < 4.78 is 43.5. The summed E-state index contributed by atoms with van der Waals surface area (Å²) in [5.74, 6) is 0.493. The van der Waals surface area contributed by atoms with Gasteiger partial charge in [0, 0.05) is 12.6 Å². The van der Waals surface area contributed by atoms with Gasteiger partial charge in [-0.2, -0.15) is 13.2 Å². The number of alkyl halides is 3. The number of benzene rings is 2. The van der Waals surface area contributed by atoms with E-state index in [1.165, 1.54) is 12.1 Å². The van der Waals surface area contributed by atoms with Crippen LogP contribution in [0.4, 0.5) is 13.2 Å². The van der Waals surface area contributed by atoms with E-state index in [1.54, 1.807) is 24.3 Å². The van der Waals surface area contributed by atoms with Gasteiger partial charge in [-0.05, 0) is 42.3 Å². The minimum atomic E-state index is -4.41. The molecule has 3 N–H and O–H groups in total. The third-order valence-corrected chi connectivity index (χ3v) is 3.12. The minimum absolute atomic E-state index is 0.0418. The highest BCUT2D eigenvalue weighted by Gasteiger charge is 2.30. The lowest BCUT2D eigenvalue weighted by Gasteiger charge is -2.13. The Morgan fingerprint density at radius 1 is 1.05 bits per heavy atom. The molecule has 0 saturated carbocycles. The van der Waals surface area contributed by atoms with Crippen molar-refractivity contribution in [2.75, 3.05) is 6.61 Å². The Morgan fingerprint density at radius 2 is 1.68 bits per heavy atom. The summed E-state index contributed by atoms with van der Waals surface area (Å²) in [6, 6.07) is 11.1. The highest BCUT2D eigenvalue weighted by Crippen LogP contribution is 2.33. The average Bonchev–Trinajstić information content (AvgIpc) is 2.47. The lowest BCUT2D eigenvalue weighted by Crippen LogP contribution is -2.11. The minimum Gasteiger partial charge on any atom is -0.457 e. The van der Waals surface area contributed by atoms with E-state index in [9.17, 15) is 13.2 Å². The zero-order valence-electron chi connectivity index (χ0n) is 11.7.